The maximum absolute atomic E-state index is 10.7. The molecule has 0 bridgehead atoms. The van der Waals surface area contributed by atoms with Crippen molar-refractivity contribution in [1.29, 1.82) is 0 Å². The van der Waals surface area contributed by atoms with E-state index in [0.717, 1.165) is 0 Å². The van der Waals surface area contributed by atoms with E-state index >= 15 is 0 Å². The van der Waals surface area contributed by atoms with Gasteiger partial charge in [0.05, 0.1) is 0 Å². The third kappa shape index (κ3) is 3.02. The number of hydrogen-bond acceptors (Lipinski definition) is 3. The van der Waals surface area contributed by atoms with E-state index in [-0.39, 0.29) is 0 Å². The molecule has 0 heterocycles. The third-order valence-electron chi connectivity index (χ3n) is 0.991. The summed E-state index contributed by atoms with van der Waals surface area (Å²) in [4.78, 5) is 20.9. The van der Waals surface area contributed by atoms with Gasteiger partial charge >= 0.3 is 11.9 Å². The number of carbonyl (C=O) groups is 2. The van der Waals surface area contributed by atoms with Gasteiger partial charge in [0, 0.05) is 12.5 Å². The van der Waals surface area contributed by atoms with Crippen molar-refractivity contribution in [1.82, 2.24) is 0 Å². The van der Waals surface area contributed by atoms with E-state index in [2.05, 4.69) is 4.74 Å². The second kappa shape index (κ2) is 3.82. The molecule has 0 aromatic carbocycles. The van der Waals surface area contributed by atoms with E-state index in [4.69, 9.17) is 0 Å². The second-order valence-corrected chi connectivity index (χ2v) is 1.85. The molecule has 0 fully saturated rings. The highest BCUT2D eigenvalue weighted by Crippen LogP contribution is 1.95. The first-order valence-corrected chi connectivity index (χ1v) is 2.93. The lowest BCUT2D eigenvalue weighted by atomic mass is 10.3. The highest BCUT2D eigenvalue weighted by Gasteiger charge is 2.05. The van der Waals surface area contributed by atoms with Gasteiger partial charge in [-0.2, -0.15) is 0 Å². The van der Waals surface area contributed by atoms with Gasteiger partial charge in [-0.1, -0.05) is 6.08 Å². The Hall–Kier alpha value is -1.12. The zero-order valence-electron chi connectivity index (χ0n) is 6.30. The van der Waals surface area contributed by atoms with E-state index in [1.165, 1.54) is 6.92 Å². The molecule has 0 atom stereocenters. The number of rotatable bonds is 1. The first-order valence-electron chi connectivity index (χ1n) is 2.93. The minimum atomic E-state index is -0.578. The van der Waals surface area contributed by atoms with Gasteiger partial charge in [-0.3, -0.25) is 4.79 Å². The van der Waals surface area contributed by atoms with Gasteiger partial charge in [0.1, 0.15) is 0 Å². The Morgan fingerprint density at radius 3 is 2.10 bits per heavy atom. The minimum Gasteiger partial charge on any atom is -0.390 e. The Bertz CT molecular complexity index is 179. The quantitative estimate of drug-likeness (QED) is 0.312. The van der Waals surface area contributed by atoms with Gasteiger partial charge in [0.15, 0.2) is 0 Å². The Labute approximate surface area is 59.7 Å². The van der Waals surface area contributed by atoms with Crippen molar-refractivity contribution < 1.29 is 14.3 Å². The number of esters is 2. The topological polar surface area (TPSA) is 43.4 Å². The van der Waals surface area contributed by atoms with Gasteiger partial charge in [0.25, 0.3) is 0 Å². The Morgan fingerprint density at radius 1 is 1.30 bits per heavy atom. The molecule has 0 amide bonds. The third-order valence-corrected chi connectivity index (χ3v) is 0.991. The molecule has 0 saturated carbocycles. The fourth-order valence-corrected chi connectivity index (χ4v) is 0.329. The van der Waals surface area contributed by atoms with Crippen LogP contribution in [0.1, 0.15) is 20.8 Å². The second-order valence-electron chi connectivity index (χ2n) is 1.85. The van der Waals surface area contributed by atoms with Crippen molar-refractivity contribution in [3.05, 3.63) is 11.6 Å². The monoisotopic (exact) mass is 142 g/mol. The predicted octanol–water partition coefficient (Wildman–Crippen LogP) is 1.04. The summed E-state index contributed by atoms with van der Waals surface area (Å²) in [5.74, 6) is -1.15. The molecular weight excluding hydrogens is 132 g/mol. The van der Waals surface area contributed by atoms with Crippen molar-refractivity contribution in [3.63, 3.8) is 0 Å². The summed E-state index contributed by atoms with van der Waals surface area (Å²) in [6.45, 7) is 4.49. The molecular formula is C7H10O3. The van der Waals surface area contributed by atoms with Gasteiger partial charge in [-0.15, -0.1) is 0 Å². The average Bonchev–Trinajstić information content (AvgIpc) is 1.85. The van der Waals surface area contributed by atoms with Crippen LogP contribution < -0.4 is 0 Å². The number of ether oxygens (including phenoxy) is 1. The number of hydrogen-bond donors (Lipinski definition) is 0. The van der Waals surface area contributed by atoms with Crippen molar-refractivity contribution in [2.24, 2.45) is 0 Å². The molecule has 0 saturated heterocycles. The molecule has 0 aromatic rings. The fraction of sp³-hybridized carbons (Fsp3) is 0.429. The zero-order chi connectivity index (χ0) is 8.15. The molecule has 3 nitrogen and oxygen atoms in total. The lowest BCUT2D eigenvalue weighted by Gasteiger charge is -1.96. The van der Waals surface area contributed by atoms with Crippen LogP contribution in [0.2, 0.25) is 0 Å². The summed E-state index contributed by atoms with van der Waals surface area (Å²) in [6.07, 6.45) is 1.59. The largest absolute Gasteiger partial charge is 0.390 e. The van der Waals surface area contributed by atoms with Crippen LogP contribution in [0.25, 0.3) is 0 Å². The first kappa shape index (κ1) is 8.88. The van der Waals surface area contributed by atoms with Crippen LogP contribution in [0, 0.1) is 0 Å². The molecule has 56 valence electrons. The van der Waals surface area contributed by atoms with Gasteiger partial charge in [-0.05, 0) is 13.8 Å². The smallest absolute Gasteiger partial charge is 0.341 e. The molecule has 0 aliphatic heterocycles. The van der Waals surface area contributed by atoms with Crippen LogP contribution in [0.4, 0.5) is 0 Å². The van der Waals surface area contributed by atoms with Crippen molar-refractivity contribution >= 4 is 11.9 Å². The molecule has 0 aliphatic rings. The predicted molar refractivity (Wildman–Crippen MR) is 36.2 cm³/mol. The van der Waals surface area contributed by atoms with Gasteiger partial charge in [-0.25, -0.2) is 4.79 Å². The van der Waals surface area contributed by atoms with Crippen molar-refractivity contribution in [2.75, 3.05) is 0 Å². The summed E-state index contributed by atoms with van der Waals surface area (Å²) in [6, 6.07) is 0. The summed E-state index contributed by atoms with van der Waals surface area (Å²) in [5.41, 5.74) is 0.440. The molecule has 3 heteroatoms. The average molecular weight is 142 g/mol. The van der Waals surface area contributed by atoms with Crippen LogP contribution >= 0.6 is 0 Å². The molecule has 0 radical (unpaired) electrons. The lowest BCUT2D eigenvalue weighted by molar-refractivity contribution is -0.155. The summed E-state index contributed by atoms with van der Waals surface area (Å²) in [5, 5.41) is 0. The van der Waals surface area contributed by atoms with Crippen LogP contribution in [-0.4, -0.2) is 11.9 Å². The van der Waals surface area contributed by atoms with E-state index in [0.29, 0.717) is 5.57 Å². The summed E-state index contributed by atoms with van der Waals surface area (Å²) < 4.78 is 4.26. The van der Waals surface area contributed by atoms with Crippen molar-refractivity contribution in [3.8, 4) is 0 Å². The molecule has 0 N–H and O–H groups in total. The normalized spacial score (nSPS) is 10.9. The standard InChI is InChI=1S/C7H10O3/c1-4-5(2)7(9)10-6(3)8/h4H,1-3H3/b5-4+. The SMILES string of the molecule is C/C=C(\C)C(=O)OC(C)=O. The van der Waals surface area contributed by atoms with E-state index < -0.39 is 11.9 Å². The van der Waals surface area contributed by atoms with E-state index in [1.807, 2.05) is 0 Å². The molecule has 0 rings (SSSR count). The van der Waals surface area contributed by atoms with E-state index in [9.17, 15) is 9.59 Å². The van der Waals surface area contributed by atoms with Crippen LogP contribution in [0.5, 0.6) is 0 Å². The number of carbonyl (C=O) groups excluding carboxylic acids is 2. The van der Waals surface area contributed by atoms with Crippen molar-refractivity contribution in [2.45, 2.75) is 20.8 Å². The van der Waals surface area contributed by atoms with Crippen LogP contribution in [0.3, 0.4) is 0 Å². The molecule has 0 unspecified atom stereocenters. The Morgan fingerprint density at radius 2 is 1.80 bits per heavy atom. The maximum atomic E-state index is 10.7. The number of allylic oxidation sites excluding steroid dienone is 1. The van der Waals surface area contributed by atoms with E-state index in [1.54, 1.807) is 19.9 Å². The van der Waals surface area contributed by atoms with Crippen LogP contribution in [0.15, 0.2) is 11.6 Å². The summed E-state index contributed by atoms with van der Waals surface area (Å²) >= 11 is 0. The fourth-order valence-electron chi connectivity index (χ4n) is 0.329. The maximum Gasteiger partial charge on any atom is 0.341 e. The van der Waals surface area contributed by atoms with Gasteiger partial charge < -0.3 is 4.74 Å². The zero-order valence-corrected chi connectivity index (χ0v) is 6.30. The first-order chi connectivity index (χ1) is 4.57. The van der Waals surface area contributed by atoms with Gasteiger partial charge in [0.2, 0.25) is 0 Å². The lowest BCUT2D eigenvalue weighted by Crippen LogP contribution is -2.09. The highest BCUT2D eigenvalue weighted by molar-refractivity contribution is 5.94. The molecule has 10 heavy (non-hydrogen) atoms. The summed E-state index contributed by atoms with van der Waals surface area (Å²) in [7, 11) is 0. The molecule has 0 spiro atoms. The Balaban J connectivity index is 3.99. The van der Waals surface area contributed by atoms with Crippen LogP contribution in [-0.2, 0) is 14.3 Å². The molecule has 0 aromatic heterocycles. The molecule has 0 aliphatic carbocycles. The Kier molecular flexibility index (Phi) is 3.39. The highest BCUT2D eigenvalue weighted by atomic mass is 16.6. The minimum absolute atomic E-state index is 0.440.